The van der Waals surface area contributed by atoms with Crippen LogP contribution < -0.4 is 5.32 Å². The van der Waals surface area contributed by atoms with Gasteiger partial charge in [0.1, 0.15) is 18.0 Å². The zero-order chi connectivity index (χ0) is 15.3. The SMILES string of the molecule is CN(CC(=O)Nc1ccc(F)cc1)C(=O)OC(C)(C)C. The number of likely N-dealkylation sites (N-methyl/N-ethyl adjacent to an activating group) is 1. The van der Waals surface area contributed by atoms with E-state index in [1.54, 1.807) is 20.8 Å². The molecule has 0 heterocycles. The van der Waals surface area contributed by atoms with Gasteiger partial charge in [-0.15, -0.1) is 0 Å². The number of halogens is 1. The number of benzene rings is 1. The van der Waals surface area contributed by atoms with Crippen molar-refractivity contribution in [3.8, 4) is 0 Å². The number of rotatable bonds is 3. The van der Waals surface area contributed by atoms with Crippen molar-refractivity contribution in [3.63, 3.8) is 0 Å². The summed E-state index contributed by atoms with van der Waals surface area (Å²) in [6, 6.07) is 5.38. The second-order valence-electron chi connectivity index (χ2n) is 5.39. The molecule has 0 fully saturated rings. The largest absolute Gasteiger partial charge is 0.444 e. The lowest BCUT2D eigenvalue weighted by Gasteiger charge is -2.24. The first-order chi connectivity index (χ1) is 9.17. The number of hydrogen-bond acceptors (Lipinski definition) is 3. The van der Waals surface area contributed by atoms with E-state index in [4.69, 9.17) is 4.74 Å². The molecule has 1 aromatic carbocycles. The third-order valence-electron chi connectivity index (χ3n) is 2.21. The Labute approximate surface area is 117 Å². The van der Waals surface area contributed by atoms with Crippen LogP contribution in [0.2, 0.25) is 0 Å². The summed E-state index contributed by atoms with van der Waals surface area (Å²) < 4.78 is 17.8. The number of amides is 2. The summed E-state index contributed by atoms with van der Waals surface area (Å²) >= 11 is 0. The highest BCUT2D eigenvalue weighted by Crippen LogP contribution is 2.10. The topological polar surface area (TPSA) is 58.6 Å². The highest BCUT2D eigenvalue weighted by Gasteiger charge is 2.21. The minimum absolute atomic E-state index is 0.147. The fourth-order valence-electron chi connectivity index (χ4n) is 1.35. The van der Waals surface area contributed by atoms with Crippen molar-refractivity contribution in [1.82, 2.24) is 4.90 Å². The van der Waals surface area contributed by atoms with Crippen molar-refractivity contribution >= 4 is 17.7 Å². The van der Waals surface area contributed by atoms with Crippen LogP contribution in [0.15, 0.2) is 24.3 Å². The van der Waals surface area contributed by atoms with E-state index >= 15 is 0 Å². The van der Waals surface area contributed by atoms with E-state index in [0.717, 1.165) is 0 Å². The second kappa shape index (κ2) is 6.36. The smallest absolute Gasteiger partial charge is 0.410 e. The molecule has 0 unspecified atom stereocenters. The predicted octanol–water partition coefficient (Wildman–Crippen LogP) is 2.63. The quantitative estimate of drug-likeness (QED) is 0.927. The normalized spacial score (nSPS) is 10.8. The first-order valence-electron chi connectivity index (χ1n) is 6.17. The Morgan fingerprint density at radius 3 is 2.30 bits per heavy atom. The molecule has 1 aromatic rings. The Hall–Kier alpha value is -2.11. The lowest BCUT2D eigenvalue weighted by molar-refractivity contribution is -0.117. The minimum Gasteiger partial charge on any atom is -0.444 e. The minimum atomic E-state index is -0.612. The Morgan fingerprint density at radius 1 is 1.25 bits per heavy atom. The molecule has 6 heteroatoms. The van der Waals surface area contributed by atoms with E-state index in [1.165, 1.54) is 36.2 Å². The van der Waals surface area contributed by atoms with Gasteiger partial charge in [0.25, 0.3) is 0 Å². The van der Waals surface area contributed by atoms with Gasteiger partial charge in [-0.3, -0.25) is 4.79 Å². The fourth-order valence-corrected chi connectivity index (χ4v) is 1.35. The molecule has 5 nitrogen and oxygen atoms in total. The second-order valence-corrected chi connectivity index (χ2v) is 5.39. The molecule has 0 aliphatic carbocycles. The molecule has 0 aliphatic heterocycles. The van der Waals surface area contributed by atoms with E-state index in [1.807, 2.05) is 0 Å². The Balaban J connectivity index is 2.49. The third kappa shape index (κ3) is 5.69. The van der Waals surface area contributed by atoms with Crippen LogP contribution >= 0.6 is 0 Å². The summed E-state index contributed by atoms with van der Waals surface area (Å²) in [6.07, 6.45) is -0.577. The average Bonchev–Trinajstić information content (AvgIpc) is 2.29. The van der Waals surface area contributed by atoms with Gasteiger partial charge in [0, 0.05) is 12.7 Å². The van der Waals surface area contributed by atoms with Crippen LogP contribution in [0.5, 0.6) is 0 Å². The van der Waals surface area contributed by atoms with Crippen molar-refractivity contribution in [1.29, 1.82) is 0 Å². The zero-order valence-electron chi connectivity index (χ0n) is 12.1. The van der Waals surface area contributed by atoms with Crippen LogP contribution in [0.3, 0.4) is 0 Å². The van der Waals surface area contributed by atoms with E-state index in [-0.39, 0.29) is 18.3 Å². The van der Waals surface area contributed by atoms with Crippen molar-refractivity contribution in [2.45, 2.75) is 26.4 Å². The van der Waals surface area contributed by atoms with E-state index in [9.17, 15) is 14.0 Å². The van der Waals surface area contributed by atoms with Gasteiger partial charge >= 0.3 is 6.09 Å². The van der Waals surface area contributed by atoms with Gasteiger partial charge in [-0.1, -0.05) is 0 Å². The van der Waals surface area contributed by atoms with Gasteiger partial charge in [0.15, 0.2) is 0 Å². The van der Waals surface area contributed by atoms with Crippen molar-refractivity contribution in [3.05, 3.63) is 30.1 Å². The molecule has 0 saturated heterocycles. The van der Waals surface area contributed by atoms with Crippen molar-refractivity contribution in [2.24, 2.45) is 0 Å². The highest BCUT2D eigenvalue weighted by molar-refractivity contribution is 5.93. The van der Waals surface area contributed by atoms with Crippen LogP contribution in [-0.4, -0.2) is 36.1 Å². The maximum Gasteiger partial charge on any atom is 0.410 e. The van der Waals surface area contributed by atoms with Crippen molar-refractivity contribution in [2.75, 3.05) is 18.9 Å². The molecule has 1 N–H and O–H groups in total. The first kappa shape index (κ1) is 15.9. The average molecular weight is 282 g/mol. The standard InChI is InChI=1S/C14H19FN2O3/c1-14(2,3)20-13(19)17(4)9-12(18)16-11-7-5-10(15)6-8-11/h5-8H,9H2,1-4H3,(H,16,18). The van der Waals surface area contributed by atoms with E-state index in [2.05, 4.69) is 5.32 Å². The first-order valence-corrected chi connectivity index (χ1v) is 6.17. The summed E-state index contributed by atoms with van der Waals surface area (Å²) in [5.41, 5.74) is -0.146. The zero-order valence-corrected chi connectivity index (χ0v) is 12.1. The van der Waals surface area contributed by atoms with Gasteiger partial charge < -0.3 is 15.0 Å². The van der Waals surface area contributed by atoms with Crippen LogP contribution in [0.25, 0.3) is 0 Å². The van der Waals surface area contributed by atoms with Crippen LogP contribution in [-0.2, 0) is 9.53 Å². The summed E-state index contributed by atoms with van der Waals surface area (Å²) in [6.45, 7) is 5.10. The maximum absolute atomic E-state index is 12.7. The molecule has 0 aromatic heterocycles. The molecule has 2 amide bonds. The summed E-state index contributed by atoms with van der Waals surface area (Å²) in [4.78, 5) is 24.6. The van der Waals surface area contributed by atoms with Gasteiger partial charge in [-0.05, 0) is 45.0 Å². The van der Waals surface area contributed by atoms with Gasteiger partial charge in [0.2, 0.25) is 5.91 Å². The molecule has 1 rings (SSSR count). The number of nitrogens with zero attached hydrogens (tertiary/aromatic N) is 1. The Bertz CT molecular complexity index is 480. The Morgan fingerprint density at radius 2 is 1.80 bits per heavy atom. The fraction of sp³-hybridized carbons (Fsp3) is 0.429. The molecule has 0 spiro atoms. The number of carbonyl (C=O) groups excluding carboxylic acids is 2. The molecule has 0 aliphatic rings. The summed E-state index contributed by atoms with van der Waals surface area (Å²) in [5.74, 6) is -0.765. The maximum atomic E-state index is 12.7. The third-order valence-corrected chi connectivity index (χ3v) is 2.21. The molecule has 0 saturated carbocycles. The number of ether oxygens (including phenoxy) is 1. The molecule has 0 radical (unpaired) electrons. The lowest BCUT2D eigenvalue weighted by Crippen LogP contribution is -2.38. The number of nitrogens with one attached hydrogen (secondary N) is 1. The highest BCUT2D eigenvalue weighted by atomic mass is 19.1. The van der Waals surface area contributed by atoms with Gasteiger partial charge in [-0.25, -0.2) is 9.18 Å². The molecular weight excluding hydrogens is 263 g/mol. The molecule has 20 heavy (non-hydrogen) atoms. The predicted molar refractivity (Wildman–Crippen MR) is 73.9 cm³/mol. The van der Waals surface area contributed by atoms with Gasteiger partial charge in [-0.2, -0.15) is 0 Å². The number of anilines is 1. The van der Waals surface area contributed by atoms with Crippen LogP contribution in [0.1, 0.15) is 20.8 Å². The van der Waals surface area contributed by atoms with Crippen LogP contribution in [0, 0.1) is 5.82 Å². The molecule has 0 atom stereocenters. The lowest BCUT2D eigenvalue weighted by atomic mass is 10.2. The number of carbonyl (C=O) groups is 2. The Kier molecular flexibility index (Phi) is 5.07. The van der Waals surface area contributed by atoms with Gasteiger partial charge in [0.05, 0.1) is 0 Å². The molecular formula is C14H19FN2O3. The monoisotopic (exact) mass is 282 g/mol. The van der Waals surface area contributed by atoms with Crippen LogP contribution in [0.4, 0.5) is 14.9 Å². The van der Waals surface area contributed by atoms with E-state index in [0.29, 0.717) is 5.69 Å². The van der Waals surface area contributed by atoms with E-state index < -0.39 is 11.7 Å². The summed E-state index contributed by atoms with van der Waals surface area (Å²) in [5, 5.41) is 2.56. The molecule has 110 valence electrons. The molecule has 0 bridgehead atoms. The number of hydrogen-bond donors (Lipinski definition) is 1. The summed E-state index contributed by atoms with van der Waals surface area (Å²) in [7, 11) is 1.47. The van der Waals surface area contributed by atoms with Crippen molar-refractivity contribution < 1.29 is 18.7 Å².